The van der Waals surface area contributed by atoms with E-state index in [1.807, 2.05) is 6.07 Å². The molecule has 8 nitrogen and oxygen atoms in total. The van der Waals surface area contributed by atoms with Crippen molar-refractivity contribution in [1.82, 2.24) is 30.0 Å². The van der Waals surface area contributed by atoms with Crippen molar-refractivity contribution in [2.24, 2.45) is 23.7 Å². The molecule has 158 valence electrons. The third-order valence-corrected chi connectivity index (χ3v) is 7.91. The van der Waals surface area contributed by atoms with Crippen LogP contribution < -0.4 is 10.2 Å². The molecule has 3 heterocycles. The Bertz CT molecular complexity index is 884. The molecule has 1 aliphatic heterocycles. The predicted octanol–water partition coefficient (Wildman–Crippen LogP) is 2.36. The van der Waals surface area contributed by atoms with Gasteiger partial charge in [-0.15, -0.1) is 0 Å². The summed E-state index contributed by atoms with van der Waals surface area (Å²) in [5, 5.41) is 7.72. The second-order valence-corrected chi connectivity index (χ2v) is 10.0. The number of carbonyl (C=O) groups excluding carboxylic acids is 1. The van der Waals surface area contributed by atoms with E-state index in [2.05, 4.69) is 30.3 Å². The average Bonchev–Trinajstić information content (AvgIpc) is 3.28. The number of piperidine rings is 1. The molecule has 4 aliphatic carbocycles. The third kappa shape index (κ3) is 3.26. The average molecular weight is 408 g/mol. The quantitative estimate of drug-likeness (QED) is 0.837. The Labute approximate surface area is 176 Å². The Morgan fingerprint density at radius 1 is 0.967 bits per heavy atom. The lowest BCUT2D eigenvalue weighted by Crippen LogP contribution is -2.61. The number of amides is 1. The van der Waals surface area contributed by atoms with Crippen molar-refractivity contribution in [2.75, 3.05) is 18.0 Å². The van der Waals surface area contributed by atoms with Crippen LogP contribution in [0.15, 0.2) is 25.0 Å². The smallest absolute Gasteiger partial charge is 0.223 e. The lowest BCUT2D eigenvalue weighted by atomic mass is 9.53. The van der Waals surface area contributed by atoms with Crippen LogP contribution in [0.3, 0.4) is 0 Å². The summed E-state index contributed by atoms with van der Waals surface area (Å²) in [5.41, 5.74) is 0.113. The minimum absolute atomic E-state index is 0.113. The number of nitrogens with one attached hydrogen (secondary N) is 1. The molecule has 0 radical (unpaired) electrons. The van der Waals surface area contributed by atoms with E-state index < -0.39 is 0 Å². The summed E-state index contributed by atoms with van der Waals surface area (Å²) in [4.78, 5) is 28.1. The highest BCUT2D eigenvalue weighted by Crippen LogP contribution is 2.55. The van der Waals surface area contributed by atoms with E-state index in [1.54, 1.807) is 17.3 Å². The normalized spacial score (nSPS) is 33.1. The van der Waals surface area contributed by atoms with Gasteiger partial charge in [0.1, 0.15) is 24.8 Å². The van der Waals surface area contributed by atoms with E-state index in [1.165, 1.54) is 44.9 Å². The van der Waals surface area contributed by atoms with Crippen molar-refractivity contribution in [3.63, 3.8) is 0 Å². The van der Waals surface area contributed by atoms with Crippen LogP contribution in [0.2, 0.25) is 0 Å². The highest BCUT2D eigenvalue weighted by atomic mass is 16.2. The first kappa shape index (κ1) is 18.3. The van der Waals surface area contributed by atoms with Crippen molar-refractivity contribution in [2.45, 2.75) is 56.9 Å². The van der Waals surface area contributed by atoms with Gasteiger partial charge in [0.25, 0.3) is 0 Å². The van der Waals surface area contributed by atoms with Crippen LogP contribution in [0.5, 0.6) is 0 Å². The van der Waals surface area contributed by atoms with Crippen LogP contribution in [-0.2, 0) is 4.79 Å². The van der Waals surface area contributed by atoms with Gasteiger partial charge in [0.05, 0.1) is 0 Å². The summed E-state index contributed by atoms with van der Waals surface area (Å²) >= 11 is 0. The van der Waals surface area contributed by atoms with Gasteiger partial charge in [-0.3, -0.25) is 4.79 Å². The number of carbonyl (C=O) groups is 1. The second-order valence-electron chi connectivity index (χ2n) is 10.0. The molecule has 1 N–H and O–H groups in total. The van der Waals surface area contributed by atoms with Crippen LogP contribution in [-0.4, -0.2) is 49.3 Å². The minimum atomic E-state index is 0.113. The molecule has 5 aliphatic rings. The molecule has 7 rings (SSSR count). The van der Waals surface area contributed by atoms with Crippen molar-refractivity contribution in [3.05, 3.63) is 25.0 Å². The first-order chi connectivity index (χ1) is 14.7. The van der Waals surface area contributed by atoms with Crippen LogP contribution in [0.1, 0.15) is 51.4 Å². The molecule has 8 heteroatoms. The maximum absolute atomic E-state index is 13.2. The largest absolute Gasteiger partial charge is 0.356 e. The predicted molar refractivity (Wildman–Crippen MR) is 111 cm³/mol. The molecule has 4 bridgehead atoms. The Hall–Kier alpha value is -2.51. The van der Waals surface area contributed by atoms with E-state index in [0.29, 0.717) is 11.7 Å². The fraction of sp³-hybridized carbons (Fsp3) is 0.682. The summed E-state index contributed by atoms with van der Waals surface area (Å²) in [7, 11) is 0. The summed E-state index contributed by atoms with van der Waals surface area (Å²) in [6, 6.07) is 1.94. The van der Waals surface area contributed by atoms with Gasteiger partial charge in [0.15, 0.2) is 5.82 Å². The molecule has 1 amide bonds. The van der Waals surface area contributed by atoms with Gasteiger partial charge < -0.3 is 10.2 Å². The van der Waals surface area contributed by atoms with E-state index >= 15 is 0 Å². The van der Waals surface area contributed by atoms with Gasteiger partial charge in [-0.1, -0.05) is 0 Å². The number of anilines is 1. The van der Waals surface area contributed by atoms with Crippen LogP contribution in [0.25, 0.3) is 5.82 Å². The lowest BCUT2D eigenvalue weighted by molar-refractivity contribution is -0.131. The van der Waals surface area contributed by atoms with E-state index in [9.17, 15) is 4.79 Å². The molecule has 4 saturated carbocycles. The van der Waals surface area contributed by atoms with E-state index in [-0.39, 0.29) is 11.5 Å². The molecule has 0 aromatic carbocycles. The molecular formula is C22H29N7O. The Morgan fingerprint density at radius 2 is 1.63 bits per heavy atom. The Kier molecular flexibility index (Phi) is 4.28. The van der Waals surface area contributed by atoms with E-state index in [0.717, 1.165) is 49.5 Å². The fourth-order valence-electron chi connectivity index (χ4n) is 6.96. The Morgan fingerprint density at radius 3 is 2.27 bits per heavy atom. The molecule has 2 aromatic rings. The van der Waals surface area contributed by atoms with Crippen molar-refractivity contribution in [1.29, 1.82) is 0 Å². The van der Waals surface area contributed by atoms with Crippen LogP contribution in [0.4, 0.5) is 5.82 Å². The van der Waals surface area contributed by atoms with Gasteiger partial charge in [0, 0.05) is 30.6 Å². The number of rotatable bonds is 4. The van der Waals surface area contributed by atoms with Crippen molar-refractivity contribution in [3.8, 4) is 5.82 Å². The summed E-state index contributed by atoms with van der Waals surface area (Å²) in [6.45, 7) is 1.68. The molecule has 30 heavy (non-hydrogen) atoms. The minimum Gasteiger partial charge on any atom is -0.356 e. The van der Waals surface area contributed by atoms with Crippen LogP contribution >= 0.6 is 0 Å². The standard InChI is InChI=1S/C22H29N7O/c30-21(27-22-9-15-5-16(10-22)7-17(6-15)11-22)18-1-3-28(4-2-18)19-8-20(25-13-24-19)29-14-23-12-26-29/h8,12-18H,1-7,9-11H2,(H,27,30). The molecule has 0 unspecified atom stereocenters. The molecule has 5 fully saturated rings. The maximum Gasteiger partial charge on any atom is 0.223 e. The zero-order valence-corrected chi connectivity index (χ0v) is 17.3. The number of nitrogens with zero attached hydrogens (tertiary/aromatic N) is 6. The molecule has 0 spiro atoms. The second kappa shape index (κ2) is 7.03. The van der Waals surface area contributed by atoms with Crippen molar-refractivity contribution >= 4 is 11.7 Å². The van der Waals surface area contributed by atoms with Gasteiger partial charge >= 0.3 is 0 Å². The third-order valence-electron chi connectivity index (χ3n) is 7.91. The highest BCUT2D eigenvalue weighted by Gasteiger charge is 2.51. The molecule has 1 saturated heterocycles. The first-order valence-corrected chi connectivity index (χ1v) is 11.4. The van der Waals surface area contributed by atoms with Crippen molar-refractivity contribution < 1.29 is 4.79 Å². The monoisotopic (exact) mass is 407 g/mol. The zero-order valence-electron chi connectivity index (χ0n) is 17.3. The van der Waals surface area contributed by atoms with Gasteiger partial charge in [-0.05, 0) is 69.1 Å². The first-order valence-electron chi connectivity index (χ1n) is 11.4. The van der Waals surface area contributed by atoms with Gasteiger partial charge in [-0.2, -0.15) is 5.10 Å². The number of hydrogen-bond acceptors (Lipinski definition) is 6. The highest BCUT2D eigenvalue weighted by molar-refractivity contribution is 5.80. The van der Waals surface area contributed by atoms with E-state index in [4.69, 9.17) is 0 Å². The summed E-state index contributed by atoms with van der Waals surface area (Å²) < 4.78 is 1.64. The summed E-state index contributed by atoms with van der Waals surface area (Å²) in [5.74, 6) is 4.57. The lowest BCUT2D eigenvalue weighted by Gasteiger charge is -2.57. The zero-order chi connectivity index (χ0) is 20.1. The van der Waals surface area contributed by atoms with Gasteiger partial charge in [-0.25, -0.2) is 19.6 Å². The summed E-state index contributed by atoms with van der Waals surface area (Å²) in [6.07, 6.45) is 14.3. The molecule has 0 atom stereocenters. The van der Waals surface area contributed by atoms with Gasteiger partial charge in [0.2, 0.25) is 5.91 Å². The molecule has 2 aromatic heterocycles. The number of aromatic nitrogens is 5. The SMILES string of the molecule is O=C(NC12CC3CC(CC(C3)C1)C2)C1CCN(c2cc(-n3cncn3)ncn2)CC1. The topological polar surface area (TPSA) is 88.8 Å². The van der Waals surface area contributed by atoms with Crippen LogP contribution in [0, 0.1) is 23.7 Å². The number of hydrogen-bond donors (Lipinski definition) is 1. The Balaban J connectivity index is 1.09. The maximum atomic E-state index is 13.2. The molecular weight excluding hydrogens is 378 g/mol. The fourth-order valence-corrected chi connectivity index (χ4v) is 6.96.